The van der Waals surface area contributed by atoms with Gasteiger partial charge in [0.25, 0.3) is 0 Å². The van der Waals surface area contributed by atoms with Crippen molar-refractivity contribution in [3.8, 4) is 5.00 Å². The van der Waals surface area contributed by atoms with Crippen LogP contribution in [-0.2, 0) is 14.3 Å². The lowest BCUT2D eigenvalue weighted by atomic mass is 9.96. The fourth-order valence-electron chi connectivity index (χ4n) is 4.16. The summed E-state index contributed by atoms with van der Waals surface area (Å²) in [7, 11) is 1.63. The van der Waals surface area contributed by atoms with Gasteiger partial charge in [0.2, 0.25) is 0 Å². The summed E-state index contributed by atoms with van der Waals surface area (Å²) in [4.78, 5) is 19.1. The van der Waals surface area contributed by atoms with E-state index in [0.29, 0.717) is 31.4 Å². The number of carbonyl (C=O) groups excluding carboxylic acids is 1. The first-order valence-electron chi connectivity index (χ1n) is 11.7. The first-order valence-corrected chi connectivity index (χ1v) is 12.5. The highest BCUT2D eigenvalue weighted by atomic mass is 32.1. The maximum absolute atomic E-state index is 12.7. The summed E-state index contributed by atoms with van der Waals surface area (Å²) in [6.07, 6.45) is 0.764. The Hall–Kier alpha value is -2.84. The number of aromatic nitrogens is 3. The van der Waals surface area contributed by atoms with Crippen LogP contribution in [-0.4, -0.2) is 46.8 Å². The van der Waals surface area contributed by atoms with E-state index in [4.69, 9.17) is 14.5 Å². The molecule has 0 radical (unpaired) electrons. The fraction of sp³-hybridized carbons (Fsp3) is 0.462. The van der Waals surface area contributed by atoms with Crippen LogP contribution in [0, 0.1) is 20.8 Å². The zero-order valence-corrected chi connectivity index (χ0v) is 21.5. The van der Waals surface area contributed by atoms with Crippen LogP contribution in [0.2, 0.25) is 0 Å². The molecule has 0 fully saturated rings. The van der Waals surface area contributed by atoms with Crippen LogP contribution in [0.5, 0.6) is 0 Å². The van der Waals surface area contributed by atoms with Gasteiger partial charge in [0.1, 0.15) is 16.9 Å². The van der Waals surface area contributed by atoms with Gasteiger partial charge in [-0.1, -0.05) is 38.1 Å². The third-order valence-corrected chi connectivity index (χ3v) is 7.40. The van der Waals surface area contributed by atoms with E-state index in [1.54, 1.807) is 18.4 Å². The summed E-state index contributed by atoms with van der Waals surface area (Å²) in [6, 6.07) is 8.08. The van der Waals surface area contributed by atoms with E-state index in [1.807, 2.05) is 6.92 Å². The van der Waals surface area contributed by atoms with Gasteiger partial charge in [-0.25, -0.2) is 0 Å². The van der Waals surface area contributed by atoms with E-state index in [2.05, 4.69) is 66.7 Å². The van der Waals surface area contributed by atoms with Crippen LogP contribution < -0.4 is 0 Å². The number of methoxy groups -OCH3 is 1. The summed E-state index contributed by atoms with van der Waals surface area (Å²) in [5.41, 5.74) is 5.46. The van der Waals surface area contributed by atoms with Crippen molar-refractivity contribution < 1.29 is 14.3 Å². The Morgan fingerprint density at radius 1 is 1.12 bits per heavy atom. The van der Waals surface area contributed by atoms with Crippen LogP contribution in [0.25, 0.3) is 5.00 Å². The van der Waals surface area contributed by atoms with E-state index in [1.165, 1.54) is 16.0 Å². The van der Waals surface area contributed by atoms with Crippen LogP contribution in [0.1, 0.15) is 77.4 Å². The van der Waals surface area contributed by atoms with E-state index in [9.17, 15) is 4.79 Å². The van der Waals surface area contributed by atoms with Crippen LogP contribution in [0.3, 0.4) is 0 Å². The van der Waals surface area contributed by atoms with E-state index >= 15 is 0 Å². The molecule has 0 unspecified atom stereocenters. The van der Waals surface area contributed by atoms with Crippen molar-refractivity contribution in [1.82, 2.24) is 14.8 Å². The molecule has 0 aliphatic carbocycles. The van der Waals surface area contributed by atoms with Crippen LogP contribution in [0.4, 0.5) is 0 Å². The van der Waals surface area contributed by atoms with Gasteiger partial charge in [0.05, 0.1) is 18.7 Å². The van der Waals surface area contributed by atoms with Crippen molar-refractivity contribution in [2.45, 2.75) is 59.4 Å². The van der Waals surface area contributed by atoms with Gasteiger partial charge in [-0.2, -0.15) is 0 Å². The SMILES string of the molecule is COCCCOC(=O)C[C@@H]1N=C(c2ccc(C(C)C)cc2)c2c(sc(C)c2C)-n2c(C)nnc21. The van der Waals surface area contributed by atoms with E-state index < -0.39 is 6.04 Å². The minimum atomic E-state index is -0.491. The van der Waals surface area contributed by atoms with Crippen LogP contribution >= 0.6 is 11.3 Å². The van der Waals surface area contributed by atoms with Gasteiger partial charge >= 0.3 is 5.97 Å². The number of hydrogen-bond donors (Lipinski definition) is 0. The summed E-state index contributed by atoms with van der Waals surface area (Å²) in [6.45, 7) is 11.4. The molecule has 0 bridgehead atoms. The normalized spacial score (nSPS) is 15.0. The molecule has 0 amide bonds. The number of aliphatic imine (C=N–C) groups is 1. The summed E-state index contributed by atoms with van der Waals surface area (Å²) in [5, 5.41) is 9.83. The molecule has 1 atom stereocenters. The Kier molecular flexibility index (Phi) is 7.28. The van der Waals surface area contributed by atoms with Gasteiger partial charge in [-0.15, -0.1) is 21.5 Å². The lowest BCUT2D eigenvalue weighted by Crippen LogP contribution is -2.14. The zero-order chi connectivity index (χ0) is 24.4. The predicted molar refractivity (Wildman–Crippen MR) is 134 cm³/mol. The summed E-state index contributed by atoms with van der Waals surface area (Å²) < 4.78 is 12.5. The second-order valence-corrected chi connectivity index (χ2v) is 10.1. The molecule has 1 aromatic carbocycles. The number of esters is 1. The molecule has 0 saturated carbocycles. The number of hydrogen-bond acceptors (Lipinski definition) is 7. The molecule has 180 valence electrons. The molecule has 1 aliphatic heterocycles. The van der Waals surface area contributed by atoms with Gasteiger partial charge in [0.15, 0.2) is 5.82 Å². The third kappa shape index (κ3) is 4.70. The number of benzene rings is 1. The molecule has 3 heterocycles. The molecule has 2 aromatic heterocycles. The van der Waals surface area contributed by atoms with Crippen molar-refractivity contribution in [3.63, 3.8) is 0 Å². The Balaban J connectivity index is 1.79. The summed E-state index contributed by atoms with van der Waals surface area (Å²) >= 11 is 1.71. The lowest BCUT2D eigenvalue weighted by molar-refractivity contribution is -0.144. The largest absolute Gasteiger partial charge is 0.466 e. The number of thiophene rings is 1. The van der Waals surface area contributed by atoms with Crippen molar-refractivity contribution in [2.75, 3.05) is 20.3 Å². The Morgan fingerprint density at radius 2 is 1.85 bits per heavy atom. The van der Waals surface area contributed by atoms with Gasteiger partial charge in [0, 0.05) is 36.1 Å². The average molecular weight is 481 g/mol. The van der Waals surface area contributed by atoms with Crippen molar-refractivity contribution >= 4 is 23.0 Å². The quantitative estimate of drug-likeness (QED) is 0.325. The molecule has 34 heavy (non-hydrogen) atoms. The molecule has 3 aromatic rings. The Bertz CT molecular complexity index is 1210. The highest BCUT2D eigenvalue weighted by Crippen LogP contribution is 2.39. The lowest BCUT2D eigenvalue weighted by Gasteiger charge is -2.13. The smallest absolute Gasteiger partial charge is 0.308 e. The first-order chi connectivity index (χ1) is 16.3. The summed E-state index contributed by atoms with van der Waals surface area (Å²) in [5.74, 6) is 1.60. The van der Waals surface area contributed by atoms with Gasteiger partial charge < -0.3 is 9.47 Å². The third-order valence-electron chi connectivity index (χ3n) is 6.21. The number of carbonyl (C=O) groups is 1. The molecule has 0 spiro atoms. The van der Waals surface area contributed by atoms with Crippen molar-refractivity contribution in [2.24, 2.45) is 4.99 Å². The van der Waals surface area contributed by atoms with Gasteiger partial charge in [-0.05, 0) is 37.8 Å². The number of aryl methyl sites for hydroxylation is 2. The maximum atomic E-state index is 12.7. The first kappa shape index (κ1) is 24.3. The minimum absolute atomic E-state index is 0.103. The average Bonchev–Trinajstić information content (AvgIpc) is 3.29. The highest BCUT2D eigenvalue weighted by molar-refractivity contribution is 7.15. The minimum Gasteiger partial charge on any atom is -0.466 e. The fourth-order valence-corrected chi connectivity index (χ4v) is 5.37. The molecular formula is C26H32N4O3S. The Morgan fingerprint density at radius 3 is 2.53 bits per heavy atom. The molecule has 8 heteroatoms. The molecule has 4 rings (SSSR count). The molecular weight excluding hydrogens is 448 g/mol. The number of rotatable bonds is 8. The highest BCUT2D eigenvalue weighted by Gasteiger charge is 2.32. The predicted octanol–water partition coefficient (Wildman–Crippen LogP) is 5.24. The number of fused-ring (bicyclic) bond motifs is 3. The van der Waals surface area contributed by atoms with E-state index in [-0.39, 0.29) is 12.4 Å². The van der Waals surface area contributed by atoms with Crippen molar-refractivity contribution in [1.29, 1.82) is 0 Å². The standard InChI is InChI=1S/C26H32N4O3S/c1-15(2)19-8-10-20(11-9-19)24-23-16(3)17(4)34-26(23)30-18(5)28-29-25(30)21(27-24)14-22(31)33-13-7-12-32-6/h8-11,15,21H,7,12-14H2,1-6H3/t21-/m0/s1. The topological polar surface area (TPSA) is 78.6 Å². The van der Waals surface area contributed by atoms with Crippen molar-refractivity contribution in [3.05, 3.63) is 63.0 Å². The zero-order valence-electron chi connectivity index (χ0n) is 20.7. The Labute approximate surface area is 204 Å². The second-order valence-electron chi connectivity index (χ2n) is 8.95. The van der Waals surface area contributed by atoms with E-state index in [0.717, 1.165) is 27.7 Å². The monoisotopic (exact) mass is 480 g/mol. The second kappa shape index (κ2) is 10.2. The number of nitrogens with zero attached hydrogens (tertiary/aromatic N) is 4. The van der Waals surface area contributed by atoms with Gasteiger partial charge in [-0.3, -0.25) is 14.4 Å². The maximum Gasteiger partial charge on any atom is 0.308 e. The molecule has 0 saturated heterocycles. The molecule has 0 N–H and O–H groups in total. The number of ether oxygens (including phenoxy) is 2. The molecule has 7 nitrogen and oxygen atoms in total. The molecule has 1 aliphatic rings. The van der Waals surface area contributed by atoms with Crippen LogP contribution in [0.15, 0.2) is 29.3 Å².